The van der Waals surface area contributed by atoms with Gasteiger partial charge in [-0.25, -0.2) is 0 Å². The van der Waals surface area contributed by atoms with Gasteiger partial charge in [-0.2, -0.15) is 0 Å². The highest BCUT2D eigenvalue weighted by Crippen LogP contribution is 2.19. The number of hydrogen-bond donors (Lipinski definition) is 0. The van der Waals surface area contributed by atoms with Crippen molar-refractivity contribution in [2.75, 3.05) is 13.1 Å². The van der Waals surface area contributed by atoms with Crippen LogP contribution in [0.4, 0.5) is 0 Å². The Labute approximate surface area is 96.3 Å². The Morgan fingerprint density at radius 1 is 1.38 bits per heavy atom. The summed E-state index contributed by atoms with van der Waals surface area (Å²) in [5.41, 5.74) is 0. The van der Waals surface area contributed by atoms with Crippen molar-refractivity contribution in [1.29, 1.82) is 0 Å². The van der Waals surface area contributed by atoms with Crippen LogP contribution in [0.2, 0.25) is 0 Å². The van der Waals surface area contributed by atoms with E-state index in [9.17, 15) is 9.59 Å². The fourth-order valence-electron chi connectivity index (χ4n) is 1.79. The second kappa shape index (κ2) is 5.68. The number of likely N-dealkylation sites (tertiary alicyclic amines) is 1. The van der Waals surface area contributed by atoms with E-state index in [1.54, 1.807) is 4.90 Å². The maximum atomic E-state index is 11.6. The molecule has 0 spiro atoms. The third-order valence-electron chi connectivity index (χ3n) is 2.67. The zero-order valence-corrected chi connectivity index (χ0v) is 9.94. The standard InChI is InChI=1S/C12H19NO3/c1-4-11(14)13-7-5-10(6-8-13)12(15)16-9(2)3/h4,9-10H,1,5-8H2,2-3H3. The van der Waals surface area contributed by atoms with Gasteiger partial charge < -0.3 is 9.64 Å². The average molecular weight is 225 g/mol. The number of amides is 1. The number of carbonyl (C=O) groups excluding carboxylic acids is 2. The number of esters is 1. The Hall–Kier alpha value is -1.32. The van der Waals surface area contributed by atoms with Crippen LogP contribution in [0, 0.1) is 5.92 Å². The molecule has 1 aliphatic rings. The van der Waals surface area contributed by atoms with Gasteiger partial charge in [0.05, 0.1) is 12.0 Å². The fourth-order valence-corrected chi connectivity index (χ4v) is 1.79. The lowest BCUT2D eigenvalue weighted by molar-refractivity contribution is -0.155. The molecule has 1 fully saturated rings. The fraction of sp³-hybridized carbons (Fsp3) is 0.667. The molecule has 1 amide bonds. The van der Waals surface area contributed by atoms with Crippen molar-refractivity contribution in [3.05, 3.63) is 12.7 Å². The minimum absolute atomic E-state index is 0.0590. The first-order valence-electron chi connectivity index (χ1n) is 5.66. The average Bonchev–Trinajstić information content (AvgIpc) is 2.27. The van der Waals surface area contributed by atoms with Gasteiger partial charge in [0.25, 0.3) is 0 Å². The minimum Gasteiger partial charge on any atom is -0.463 e. The van der Waals surface area contributed by atoms with Crippen molar-refractivity contribution in [3.8, 4) is 0 Å². The Kier molecular flexibility index (Phi) is 4.52. The van der Waals surface area contributed by atoms with Crippen molar-refractivity contribution >= 4 is 11.9 Å². The van der Waals surface area contributed by atoms with Gasteiger partial charge in [0.2, 0.25) is 5.91 Å². The molecule has 0 radical (unpaired) electrons. The molecule has 0 aromatic rings. The Balaban J connectivity index is 2.39. The maximum Gasteiger partial charge on any atom is 0.309 e. The molecule has 1 heterocycles. The monoisotopic (exact) mass is 225 g/mol. The van der Waals surface area contributed by atoms with Gasteiger partial charge in [-0.3, -0.25) is 9.59 Å². The zero-order valence-electron chi connectivity index (χ0n) is 9.94. The minimum atomic E-state index is -0.138. The van der Waals surface area contributed by atoms with Crippen LogP contribution in [-0.4, -0.2) is 36.0 Å². The van der Waals surface area contributed by atoms with Crippen molar-refractivity contribution in [2.24, 2.45) is 5.92 Å². The smallest absolute Gasteiger partial charge is 0.309 e. The highest BCUT2D eigenvalue weighted by Gasteiger charge is 2.27. The van der Waals surface area contributed by atoms with E-state index >= 15 is 0 Å². The second-order valence-electron chi connectivity index (χ2n) is 4.29. The van der Waals surface area contributed by atoms with Crippen molar-refractivity contribution in [1.82, 2.24) is 4.90 Å². The lowest BCUT2D eigenvalue weighted by Crippen LogP contribution is -2.40. The first kappa shape index (κ1) is 12.7. The quantitative estimate of drug-likeness (QED) is 0.538. The molecule has 0 unspecified atom stereocenters. The number of carbonyl (C=O) groups is 2. The topological polar surface area (TPSA) is 46.6 Å². The molecule has 0 bridgehead atoms. The van der Waals surface area contributed by atoms with Gasteiger partial charge in [0.1, 0.15) is 0 Å². The van der Waals surface area contributed by atoms with Gasteiger partial charge in [0, 0.05) is 13.1 Å². The lowest BCUT2D eigenvalue weighted by Gasteiger charge is -2.30. The van der Waals surface area contributed by atoms with E-state index < -0.39 is 0 Å². The predicted octanol–water partition coefficient (Wildman–Crippen LogP) is 1.36. The first-order chi connectivity index (χ1) is 7.54. The van der Waals surface area contributed by atoms with E-state index in [0.717, 1.165) is 0 Å². The van der Waals surface area contributed by atoms with E-state index in [1.807, 2.05) is 13.8 Å². The Morgan fingerprint density at radius 3 is 2.38 bits per heavy atom. The molecule has 1 rings (SSSR count). The summed E-state index contributed by atoms with van der Waals surface area (Å²) in [6, 6.07) is 0. The van der Waals surface area contributed by atoms with Gasteiger partial charge in [-0.15, -0.1) is 0 Å². The van der Waals surface area contributed by atoms with Crippen LogP contribution < -0.4 is 0 Å². The SMILES string of the molecule is C=CC(=O)N1CCC(C(=O)OC(C)C)CC1. The lowest BCUT2D eigenvalue weighted by atomic mass is 9.97. The second-order valence-corrected chi connectivity index (χ2v) is 4.29. The molecule has 0 atom stereocenters. The van der Waals surface area contributed by atoms with E-state index in [2.05, 4.69) is 6.58 Å². The normalized spacial score (nSPS) is 17.3. The largest absolute Gasteiger partial charge is 0.463 e. The molecule has 16 heavy (non-hydrogen) atoms. The van der Waals surface area contributed by atoms with E-state index in [-0.39, 0.29) is 23.9 Å². The molecule has 0 saturated carbocycles. The first-order valence-corrected chi connectivity index (χ1v) is 5.66. The summed E-state index contributed by atoms with van der Waals surface area (Å²) in [7, 11) is 0. The van der Waals surface area contributed by atoms with Crippen LogP contribution >= 0.6 is 0 Å². The molecule has 1 aliphatic heterocycles. The molecular weight excluding hydrogens is 206 g/mol. The van der Waals surface area contributed by atoms with Crippen molar-refractivity contribution < 1.29 is 14.3 Å². The molecule has 0 N–H and O–H groups in total. The van der Waals surface area contributed by atoms with E-state index in [4.69, 9.17) is 4.74 Å². The molecule has 0 aromatic heterocycles. The summed E-state index contributed by atoms with van der Waals surface area (Å²) >= 11 is 0. The van der Waals surface area contributed by atoms with Crippen LogP contribution in [0.15, 0.2) is 12.7 Å². The third kappa shape index (κ3) is 3.36. The number of ether oxygens (including phenoxy) is 1. The summed E-state index contributed by atoms with van der Waals surface area (Å²) < 4.78 is 5.15. The summed E-state index contributed by atoms with van der Waals surface area (Å²) in [6.07, 6.45) is 2.61. The van der Waals surface area contributed by atoms with Gasteiger partial charge in [-0.05, 0) is 32.8 Å². The highest BCUT2D eigenvalue weighted by atomic mass is 16.5. The highest BCUT2D eigenvalue weighted by molar-refractivity contribution is 5.87. The molecule has 4 nitrogen and oxygen atoms in total. The number of hydrogen-bond acceptors (Lipinski definition) is 3. The number of nitrogens with zero attached hydrogens (tertiary/aromatic N) is 1. The molecule has 0 aromatic carbocycles. The van der Waals surface area contributed by atoms with Crippen LogP contribution in [0.3, 0.4) is 0 Å². The summed E-state index contributed by atoms with van der Waals surface area (Å²) in [6.45, 7) is 8.36. The van der Waals surface area contributed by atoms with Crippen molar-refractivity contribution in [3.63, 3.8) is 0 Å². The zero-order chi connectivity index (χ0) is 12.1. The third-order valence-corrected chi connectivity index (χ3v) is 2.67. The summed E-state index contributed by atoms with van der Waals surface area (Å²) in [4.78, 5) is 24.6. The molecule has 4 heteroatoms. The van der Waals surface area contributed by atoms with Gasteiger partial charge in [0.15, 0.2) is 0 Å². The van der Waals surface area contributed by atoms with Crippen LogP contribution in [0.25, 0.3) is 0 Å². The van der Waals surface area contributed by atoms with E-state index in [1.165, 1.54) is 6.08 Å². The predicted molar refractivity (Wildman–Crippen MR) is 60.7 cm³/mol. The van der Waals surface area contributed by atoms with Crippen LogP contribution in [0.5, 0.6) is 0 Å². The number of piperidine rings is 1. The van der Waals surface area contributed by atoms with Gasteiger partial charge in [-0.1, -0.05) is 6.58 Å². The van der Waals surface area contributed by atoms with Crippen LogP contribution in [0.1, 0.15) is 26.7 Å². The van der Waals surface area contributed by atoms with Crippen molar-refractivity contribution in [2.45, 2.75) is 32.8 Å². The van der Waals surface area contributed by atoms with Crippen LogP contribution in [-0.2, 0) is 14.3 Å². The van der Waals surface area contributed by atoms with Gasteiger partial charge >= 0.3 is 5.97 Å². The Morgan fingerprint density at radius 2 is 1.94 bits per heavy atom. The summed E-state index contributed by atoms with van der Waals surface area (Å²) in [5.74, 6) is -0.257. The molecule has 90 valence electrons. The van der Waals surface area contributed by atoms with E-state index in [0.29, 0.717) is 25.9 Å². The summed E-state index contributed by atoms with van der Waals surface area (Å²) in [5, 5.41) is 0. The molecule has 1 saturated heterocycles. The number of rotatable bonds is 3. The molecular formula is C12H19NO3. The Bertz CT molecular complexity index is 278. The maximum absolute atomic E-state index is 11.6. The molecule has 0 aliphatic carbocycles.